The summed E-state index contributed by atoms with van der Waals surface area (Å²) in [5.74, 6) is 2.53. The second-order valence-corrected chi connectivity index (χ2v) is 8.51. The number of benzene rings is 2. The molecule has 1 aromatic heterocycles. The topological polar surface area (TPSA) is 45.0 Å². The summed E-state index contributed by atoms with van der Waals surface area (Å²) < 4.78 is 19.2. The third-order valence-corrected chi connectivity index (χ3v) is 6.58. The summed E-state index contributed by atoms with van der Waals surface area (Å²) in [5.41, 5.74) is 3.10. The van der Waals surface area contributed by atoms with Crippen molar-refractivity contribution in [2.75, 3.05) is 20.8 Å². The fourth-order valence-corrected chi connectivity index (χ4v) is 5.18. The van der Waals surface area contributed by atoms with Gasteiger partial charge in [-0.1, -0.05) is 19.3 Å². The largest absolute Gasteiger partial charge is 0.497 e. The number of methoxy groups -OCH3 is 2. The summed E-state index contributed by atoms with van der Waals surface area (Å²) >= 11 is 1.68. The molecular weight excluding hydrogens is 408 g/mol. The van der Waals surface area contributed by atoms with Crippen LogP contribution in [-0.2, 0) is 0 Å². The Morgan fingerprint density at radius 2 is 1.71 bits per heavy atom. The zero-order chi connectivity index (χ0) is 21.6. The Bertz CT molecular complexity index is 1060. The van der Waals surface area contributed by atoms with Gasteiger partial charge in [0.2, 0.25) is 0 Å². The Morgan fingerprint density at radius 3 is 2.39 bits per heavy atom. The highest BCUT2D eigenvalue weighted by molar-refractivity contribution is 7.07. The molecule has 164 valence electrons. The molecule has 0 N–H and O–H groups in total. The predicted molar refractivity (Wildman–Crippen MR) is 126 cm³/mol. The average Bonchev–Trinajstić information content (AvgIpc) is 3.24. The molecule has 0 atom stereocenters. The Balaban J connectivity index is 1.83. The molecule has 0 aliphatic heterocycles. The monoisotopic (exact) mass is 438 g/mol. The number of ether oxygens (including phenoxy) is 3. The Morgan fingerprint density at radius 1 is 0.968 bits per heavy atom. The van der Waals surface area contributed by atoms with Crippen LogP contribution in [0.25, 0.3) is 11.3 Å². The second-order valence-electron chi connectivity index (χ2n) is 7.67. The van der Waals surface area contributed by atoms with Gasteiger partial charge in [-0.25, -0.2) is 4.99 Å². The highest BCUT2D eigenvalue weighted by Gasteiger charge is 2.22. The van der Waals surface area contributed by atoms with Crippen molar-refractivity contribution in [3.8, 4) is 28.5 Å². The summed E-state index contributed by atoms with van der Waals surface area (Å²) in [6.07, 6.45) is 6.17. The first-order valence-corrected chi connectivity index (χ1v) is 11.8. The third-order valence-electron chi connectivity index (χ3n) is 5.74. The van der Waals surface area contributed by atoms with Crippen LogP contribution in [0.5, 0.6) is 17.2 Å². The quantitative estimate of drug-likeness (QED) is 0.430. The summed E-state index contributed by atoms with van der Waals surface area (Å²) in [6.45, 7) is 2.65. The predicted octanol–water partition coefficient (Wildman–Crippen LogP) is 6.37. The van der Waals surface area contributed by atoms with Crippen LogP contribution in [0.3, 0.4) is 0 Å². The van der Waals surface area contributed by atoms with E-state index in [2.05, 4.69) is 16.0 Å². The van der Waals surface area contributed by atoms with E-state index in [9.17, 15) is 0 Å². The first-order valence-electron chi connectivity index (χ1n) is 10.9. The highest BCUT2D eigenvalue weighted by atomic mass is 32.1. The smallest absolute Gasteiger partial charge is 0.190 e. The summed E-state index contributed by atoms with van der Waals surface area (Å²) in [6, 6.07) is 14.4. The number of nitrogens with zero attached hydrogens (tertiary/aromatic N) is 2. The van der Waals surface area contributed by atoms with Gasteiger partial charge in [-0.2, -0.15) is 0 Å². The molecular formula is C25H30N2O3S. The lowest BCUT2D eigenvalue weighted by molar-refractivity contribution is 0.340. The van der Waals surface area contributed by atoms with Gasteiger partial charge in [-0.15, -0.1) is 11.3 Å². The maximum atomic E-state index is 5.70. The van der Waals surface area contributed by atoms with E-state index in [1.165, 1.54) is 32.1 Å². The molecule has 0 spiro atoms. The molecule has 0 radical (unpaired) electrons. The van der Waals surface area contributed by atoms with Gasteiger partial charge in [0.1, 0.15) is 17.2 Å². The van der Waals surface area contributed by atoms with Crippen LogP contribution in [0, 0.1) is 0 Å². The molecule has 1 fully saturated rings. The van der Waals surface area contributed by atoms with E-state index in [0.717, 1.165) is 39.0 Å². The molecule has 0 bridgehead atoms. The van der Waals surface area contributed by atoms with Crippen molar-refractivity contribution in [3.63, 3.8) is 0 Å². The lowest BCUT2D eigenvalue weighted by atomic mass is 9.95. The van der Waals surface area contributed by atoms with Gasteiger partial charge in [0.25, 0.3) is 0 Å². The van der Waals surface area contributed by atoms with Gasteiger partial charge in [0.15, 0.2) is 4.80 Å². The van der Waals surface area contributed by atoms with Gasteiger partial charge in [-0.3, -0.25) is 0 Å². The number of thiazole rings is 1. The number of hydrogen-bond acceptors (Lipinski definition) is 5. The van der Waals surface area contributed by atoms with Crippen molar-refractivity contribution in [3.05, 3.63) is 52.6 Å². The molecule has 6 heteroatoms. The minimum atomic E-state index is 0.437. The van der Waals surface area contributed by atoms with E-state index in [1.807, 2.05) is 43.3 Å². The van der Waals surface area contributed by atoms with E-state index < -0.39 is 0 Å². The van der Waals surface area contributed by atoms with Crippen LogP contribution in [0.15, 0.2) is 52.8 Å². The van der Waals surface area contributed by atoms with Gasteiger partial charge in [0, 0.05) is 17.0 Å². The van der Waals surface area contributed by atoms with Crippen LogP contribution in [0.2, 0.25) is 0 Å². The lowest BCUT2D eigenvalue weighted by Crippen LogP contribution is -2.23. The Kier molecular flexibility index (Phi) is 6.97. The molecule has 1 heterocycles. The fraction of sp³-hybridized carbons (Fsp3) is 0.400. The Hall–Kier alpha value is -2.73. The zero-order valence-corrected chi connectivity index (χ0v) is 19.3. The van der Waals surface area contributed by atoms with Crippen molar-refractivity contribution in [2.45, 2.75) is 45.1 Å². The van der Waals surface area contributed by atoms with E-state index >= 15 is 0 Å². The summed E-state index contributed by atoms with van der Waals surface area (Å²) in [5, 5.41) is 2.19. The summed E-state index contributed by atoms with van der Waals surface area (Å²) in [4.78, 5) is 6.03. The second kappa shape index (κ2) is 10.1. The lowest BCUT2D eigenvalue weighted by Gasteiger charge is -2.25. The standard InChI is InChI=1S/C25H30N2O3S/c1-4-30-20-12-10-18(11-13-20)26-25-27(19-8-6-5-7-9-19)23(17-31-25)22-16-21(28-2)14-15-24(22)29-3/h10-17,19H,4-9H2,1-3H3. The van der Waals surface area contributed by atoms with Gasteiger partial charge < -0.3 is 18.8 Å². The maximum Gasteiger partial charge on any atom is 0.190 e. The minimum absolute atomic E-state index is 0.437. The Labute approximate surface area is 187 Å². The molecule has 1 saturated carbocycles. The van der Waals surface area contributed by atoms with Gasteiger partial charge in [0.05, 0.1) is 32.2 Å². The number of hydrogen-bond donors (Lipinski definition) is 0. The fourth-order valence-electron chi connectivity index (χ4n) is 4.20. The number of aromatic nitrogens is 1. The van der Waals surface area contributed by atoms with Crippen molar-refractivity contribution in [2.24, 2.45) is 4.99 Å². The molecule has 0 saturated heterocycles. The molecule has 5 nitrogen and oxygen atoms in total. The maximum absolute atomic E-state index is 5.70. The molecule has 4 rings (SSSR count). The van der Waals surface area contributed by atoms with Crippen LogP contribution < -0.4 is 19.0 Å². The van der Waals surface area contributed by atoms with Gasteiger partial charge in [-0.05, 0) is 62.2 Å². The van der Waals surface area contributed by atoms with Crippen LogP contribution >= 0.6 is 11.3 Å². The molecule has 1 aliphatic rings. The molecule has 0 amide bonds. The van der Waals surface area contributed by atoms with E-state index in [-0.39, 0.29) is 0 Å². The van der Waals surface area contributed by atoms with Crippen LogP contribution in [-0.4, -0.2) is 25.4 Å². The van der Waals surface area contributed by atoms with Crippen molar-refractivity contribution >= 4 is 17.0 Å². The first kappa shape index (κ1) is 21.5. The average molecular weight is 439 g/mol. The van der Waals surface area contributed by atoms with Crippen LogP contribution in [0.1, 0.15) is 45.1 Å². The molecule has 1 aliphatic carbocycles. The summed E-state index contributed by atoms with van der Waals surface area (Å²) in [7, 11) is 3.41. The third kappa shape index (κ3) is 4.79. The van der Waals surface area contributed by atoms with E-state index in [1.54, 1.807) is 25.6 Å². The molecule has 2 aromatic carbocycles. The van der Waals surface area contributed by atoms with Crippen molar-refractivity contribution in [1.29, 1.82) is 0 Å². The zero-order valence-electron chi connectivity index (χ0n) is 18.5. The molecule has 3 aromatic rings. The van der Waals surface area contributed by atoms with Crippen molar-refractivity contribution < 1.29 is 14.2 Å². The first-order chi connectivity index (χ1) is 15.2. The SMILES string of the molecule is CCOc1ccc(N=c2scc(-c3cc(OC)ccc3OC)n2C2CCCCC2)cc1. The normalized spacial score (nSPS) is 15.1. The highest BCUT2D eigenvalue weighted by Crippen LogP contribution is 2.38. The van der Waals surface area contributed by atoms with E-state index in [0.29, 0.717) is 12.6 Å². The number of rotatable bonds is 7. The molecule has 31 heavy (non-hydrogen) atoms. The van der Waals surface area contributed by atoms with E-state index in [4.69, 9.17) is 19.2 Å². The van der Waals surface area contributed by atoms with Gasteiger partial charge >= 0.3 is 0 Å². The van der Waals surface area contributed by atoms with Crippen molar-refractivity contribution in [1.82, 2.24) is 4.57 Å². The van der Waals surface area contributed by atoms with Crippen LogP contribution in [0.4, 0.5) is 5.69 Å². The molecule has 0 unspecified atom stereocenters. The minimum Gasteiger partial charge on any atom is -0.497 e.